The average molecular weight is 335 g/mol. The van der Waals surface area contributed by atoms with Crippen LogP contribution in [0.25, 0.3) is 10.8 Å². The average Bonchev–Trinajstić information content (AvgIpc) is 2.67. The smallest absolute Gasteiger partial charge is 0.251 e. The standard InChI is InChI=1S/C21H21NO3/c1-25-17-9-4-8-16(14-17)21(24)22-13-12-20(23)19-11-5-7-15-6-2-3-10-18(15)19/h2-11,14,20,23H,12-13H2,1H3,(H,22,24). The zero-order chi connectivity index (χ0) is 17.6. The summed E-state index contributed by atoms with van der Waals surface area (Å²) in [7, 11) is 1.57. The number of nitrogens with one attached hydrogen (secondary N) is 1. The zero-order valence-corrected chi connectivity index (χ0v) is 14.1. The van der Waals surface area contributed by atoms with E-state index in [0.717, 1.165) is 16.3 Å². The van der Waals surface area contributed by atoms with Gasteiger partial charge in [0.05, 0.1) is 13.2 Å². The van der Waals surface area contributed by atoms with Crippen molar-refractivity contribution in [2.24, 2.45) is 0 Å². The summed E-state index contributed by atoms with van der Waals surface area (Å²) in [5.74, 6) is 0.465. The first kappa shape index (κ1) is 17.0. The number of methoxy groups -OCH3 is 1. The molecule has 0 saturated carbocycles. The van der Waals surface area contributed by atoms with Crippen molar-refractivity contribution in [3.8, 4) is 5.75 Å². The number of carbonyl (C=O) groups excluding carboxylic acids is 1. The minimum absolute atomic E-state index is 0.177. The first-order valence-corrected chi connectivity index (χ1v) is 8.27. The Balaban J connectivity index is 1.62. The Hall–Kier alpha value is -2.85. The van der Waals surface area contributed by atoms with Gasteiger partial charge in [0.25, 0.3) is 5.91 Å². The van der Waals surface area contributed by atoms with E-state index in [4.69, 9.17) is 4.74 Å². The molecule has 0 bridgehead atoms. The second-order valence-corrected chi connectivity index (χ2v) is 5.86. The van der Waals surface area contributed by atoms with E-state index in [-0.39, 0.29) is 5.91 Å². The zero-order valence-electron chi connectivity index (χ0n) is 14.1. The molecule has 2 N–H and O–H groups in total. The van der Waals surface area contributed by atoms with Crippen LogP contribution in [0.4, 0.5) is 0 Å². The van der Waals surface area contributed by atoms with Crippen molar-refractivity contribution < 1.29 is 14.6 Å². The molecule has 0 fully saturated rings. The van der Waals surface area contributed by atoms with Crippen LogP contribution >= 0.6 is 0 Å². The van der Waals surface area contributed by atoms with Gasteiger partial charge in [0, 0.05) is 12.1 Å². The van der Waals surface area contributed by atoms with Crippen LogP contribution in [0, 0.1) is 0 Å². The lowest BCUT2D eigenvalue weighted by atomic mass is 9.99. The fourth-order valence-corrected chi connectivity index (χ4v) is 2.89. The molecule has 0 saturated heterocycles. The Morgan fingerprint density at radius 2 is 1.84 bits per heavy atom. The monoisotopic (exact) mass is 335 g/mol. The molecule has 0 heterocycles. The van der Waals surface area contributed by atoms with Crippen molar-refractivity contribution in [1.82, 2.24) is 5.32 Å². The molecule has 0 aromatic heterocycles. The van der Waals surface area contributed by atoms with Gasteiger partial charge in [0.1, 0.15) is 5.75 Å². The van der Waals surface area contributed by atoms with E-state index in [0.29, 0.717) is 24.3 Å². The van der Waals surface area contributed by atoms with Gasteiger partial charge in [-0.3, -0.25) is 4.79 Å². The topological polar surface area (TPSA) is 58.6 Å². The summed E-state index contributed by atoms with van der Waals surface area (Å²) < 4.78 is 5.13. The molecule has 4 heteroatoms. The Morgan fingerprint density at radius 3 is 2.68 bits per heavy atom. The highest BCUT2D eigenvalue weighted by Crippen LogP contribution is 2.25. The molecule has 4 nitrogen and oxygen atoms in total. The van der Waals surface area contributed by atoms with Gasteiger partial charge in [-0.25, -0.2) is 0 Å². The number of aliphatic hydroxyl groups is 1. The summed E-state index contributed by atoms with van der Waals surface area (Å²) in [6.07, 6.45) is -0.180. The molecule has 0 radical (unpaired) electrons. The van der Waals surface area contributed by atoms with Gasteiger partial charge in [-0.1, -0.05) is 48.5 Å². The van der Waals surface area contributed by atoms with Crippen LogP contribution in [-0.2, 0) is 0 Å². The summed E-state index contributed by atoms with van der Waals surface area (Å²) in [6, 6.07) is 20.9. The van der Waals surface area contributed by atoms with E-state index >= 15 is 0 Å². The van der Waals surface area contributed by atoms with Gasteiger partial charge in [-0.05, 0) is 41.0 Å². The van der Waals surface area contributed by atoms with Gasteiger partial charge in [0.2, 0.25) is 0 Å². The molecule has 25 heavy (non-hydrogen) atoms. The molecule has 0 spiro atoms. The van der Waals surface area contributed by atoms with Gasteiger partial charge in [-0.2, -0.15) is 0 Å². The number of ether oxygens (including phenoxy) is 1. The summed E-state index contributed by atoms with van der Waals surface area (Å²) in [5.41, 5.74) is 1.42. The van der Waals surface area contributed by atoms with Crippen LogP contribution in [-0.4, -0.2) is 24.7 Å². The number of amides is 1. The van der Waals surface area contributed by atoms with Gasteiger partial charge < -0.3 is 15.2 Å². The van der Waals surface area contributed by atoms with Gasteiger partial charge >= 0.3 is 0 Å². The number of hydrogen-bond acceptors (Lipinski definition) is 3. The lowest BCUT2D eigenvalue weighted by Crippen LogP contribution is -2.25. The first-order chi connectivity index (χ1) is 12.2. The molecule has 1 atom stereocenters. The number of hydrogen-bond donors (Lipinski definition) is 2. The normalized spacial score (nSPS) is 11.9. The number of carbonyl (C=O) groups is 1. The SMILES string of the molecule is COc1cccc(C(=O)NCCC(O)c2cccc3ccccc23)c1. The second-order valence-electron chi connectivity index (χ2n) is 5.86. The third-order valence-corrected chi connectivity index (χ3v) is 4.22. The predicted octanol–water partition coefficient (Wildman–Crippen LogP) is 3.70. The summed E-state index contributed by atoms with van der Waals surface area (Å²) in [5, 5.41) is 15.5. The molecule has 3 aromatic carbocycles. The molecule has 3 rings (SSSR count). The Labute approximate surface area is 147 Å². The molecular weight excluding hydrogens is 314 g/mol. The van der Waals surface area contributed by atoms with Gasteiger partial charge in [-0.15, -0.1) is 0 Å². The fourth-order valence-electron chi connectivity index (χ4n) is 2.89. The predicted molar refractivity (Wildman–Crippen MR) is 98.9 cm³/mol. The van der Waals surface area contributed by atoms with Crippen molar-refractivity contribution in [2.45, 2.75) is 12.5 Å². The van der Waals surface area contributed by atoms with Crippen molar-refractivity contribution >= 4 is 16.7 Å². The molecule has 3 aromatic rings. The Kier molecular flexibility index (Phi) is 5.31. The number of fused-ring (bicyclic) bond motifs is 1. The minimum Gasteiger partial charge on any atom is -0.497 e. The van der Waals surface area contributed by atoms with Crippen LogP contribution < -0.4 is 10.1 Å². The van der Waals surface area contributed by atoms with Gasteiger partial charge in [0.15, 0.2) is 0 Å². The fraction of sp³-hybridized carbons (Fsp3) is 0.190. The third kappa shape index (κ3) is 3.98. The molecule has 0 aliphatic heterocycles. The summed E-state index contributed by atoms with van der Waals surface area (Å²) in [6.45, 7) is 0.389. The van der Waals surface area contributed by atoms with E-state index in [1.165, 1.54) is 0 Å². The van der Waals surface area contributed by atoms with Crippen LogP contribution in [0.5, 0.6) is 5.75 Å². The highest BCUT2D eigenvalue weighted by Gasteiger charge is 2.12. The van der Waals surface area contributed by atoms with Crippen molar-refractivity contribution in [3.63, 3.8) is 0 Å². The minimum atomic E-state index is -0.628. The maximum atomic E-state index is 12.2. The first-order valence-electron chi connectivity index (χ1n) is 8.27. The van der Waals surface area contributed by atoms with E-state index in [1.807, 2.05) is 42.5 Å². The molecule has 1 unspecified atom stereocenters. The lowest BCUT2D eigenvalue weighted by molar-refractivity contribution is 0.0942. The molecule has 1 amide bonds. The van der Waals surface area contributed by atoms with Crippen LogP contribution in [0.1, 0.15) is 28.4 Å². The quantitative estimate of drug-likeness (QED) is 0.722. The van der Waals surface area contributed by atoms with Crippen molar-refractivity contribution in [2.75, 3.05) is 13.7 Å². The maximum absolute atomic E-state index is 12.2. The maximum Gasteiger partial charge on any atom is 0.251 e. The van der Waals surface area contributed by atoms with Crippen molar-refractivity contribution in [3.05, 3.63) is 77.9 Å². The van der Waals surface area contributed by atoms with E-state index in [9.17, 15) is 9.90 Å². The van der Waals surface area contributed by atoms with E-state index < -0.39 is 6.10 Å². The summed E-state index contributed by atoms with van der Waals surface area (Å²) >= 11 is 0. The summed E-state index contributed by atoms with van der Waals surface area (Å²) in [4.78, 5) is 12.2. The van der Waals surface area contributed by atoms with Crippen LogP contribution in [0.3, 0.4) is 0 Å². The third-order valence-electron chi connectivity index (χ3n) is 4.22. The number of aliphatic hydroxyl groups excluding tert-OH is 1. The van der Waals surface area contributed by atoms with Crippen LogP contribution in [0.2, 0.25) is 0 Å². The largest absolute Gasteiger partial charge is 0.497 e. The molecule has 0 aliphatic rings. The highest BCUT2D eigenvalue weighted by molar-refractivity contribution is 5.94. The molecular formula is C21H21NO3. The lowest BCUT2D eigenvalue weighted by Gasteiger charge is -2.14. The molecule has 0 aliphatic carbocycles. The van der Waals surface area contributed by atoms with E-state index in [2.05, 4.69) is 5.32 Å². The Bertz CT molecular complexity index is 870. The number of benzene rings is 3. The number of rotatable bonds is 6. The van der Waals surface area contributed by atoms with E-state index in [1.54, 1.807) is 31.4 Å². The highest BCUT2D eigenvalue weighted by atomic mass is 16.5. The Morgan fingerprint density at radius 1 is 1.08 bits per heavy atom. The second kappa shape index (κ2) is 7.81. The van der Waals surface area contributed by atoms with Crippen molar-refractivity contribution in [1.29, 1.82) is 0 Å². The van der Waals surface area contributed by atoms with Crippen LogP contribution in [0.15, 0.2) is 66.7 Å². The molecule has 128 valence electrons.